The van der Waals surface area contributed by atoms with Crippen LogP contribution in [0.4, 0.5) is 0 Å². The molecule has 5 heteroatoms. The number of oxazole rings is 1. The van der Waals surface area contributed by atoms with Gasteiger partial charge in [-0.1, -0.05) is 22.0 Å². The number of aromatic amines is 1. The monoisotopic (exact) mass is 311 g/mol. The molecule has 4 nitrogen and oxygen atoms in total. The Balaban J connectivity index is 1.90. The van der Waals surface area contributed by atoms with E-state index < -0.39 is 5.76 Å². The van der Waals surface area contributed by atoms with Crippen molar-refractivity contribution in [1.29, 1.82) is 0 Å². The smallest absolute Gasteiger partial charge is 0.408 e. The van der Waals surface area contributed by atoms with Crippen LogP contribution in [0.5, 0.6) is 0 Å². The van der Waals surface area contributed by atoms with Crippen molar-refractivity contribution in [1.82, 2.24) is 4.98 Å². The Morgan fingerprint density at radius 1 is 1.33 bits per heavy atom. The molecule has 1 aliphatic heterocycles. The summed E-state index contributed by atoms with van der Waals surface area (Å²) in [5.41, 5.74) is 2.52. The minimum atomic E-state index is -0.403. The number of H-pyrrole nitrogens is 1. The van der Waals surface area contributed by atoms with Crippen molar-refractivity contribution in [2.24, 2.45) is 5.92 Å². The summed E-state index contributed by atoms with van der Waals surface area (Å²) in [5, 5.41) is 0. The normalized spacial score (nSPS) is 19.2. The van der Waals surface area contributed by atoms with Crippen LogP contribution in [-0.4, -0.2) is 18.2 Å². The Morgan fingerprint density at radius 3 is 2.89 bits per heavy atom. The Labute approximate surface area is 112 Å². The molecule has 1 aromatic heterocycles. The molecule has 1 saturated heterocycles. The van der Waals surface area contributed by atoms with E-state index in [1.54, 1.807) is 0 Å². The average molecular weight is 312 g/mol. The van der Waals surface area contributed by atoms with E-state index in [9.17, 15) is 4.79 Å². The summed E-state index contributed by atoms with van der Waals surface area (Å²) in [6, 6.07) is 5.86. The lowest BCUT2D eigenvalue weighted by molar-refractivity contribution is 0.0662. The molecule has 3 rings (SSSR count). The molecule has 1 aromatic carbocycles. The largest absolute Gasteiger partial charge is 0.417 e. The first-order chi connectivity index (χ1) is 8.74. The van der Waals surface area contributed by atoms with Crippen molar-refractivity contribution in [3.8, 4) is 0 Å². The molecular formula is C13H14BrNO3. The quantitative estimate of drug-likeness (QED) is 0.867. The minimum Gasteiger partial charge on any atom is -0.408 e. The fraction of sp³-hybridized carbons (Fsp3) is 0.462. The predicted octanol–water partition coefficient (Wildman–Crippen LogP) is 2.98. The molecule has 0 aliphatic carbocycles. The molecular weight excluding hydrogens is 298 g/mol. The highest BCUT2D eigenvalue weighted by atomic mass is 79.9. The summed E-state index contributed by atoms with van der Waals surface area (Å²) >= 11 is 3.75. The molecule has 0 bridgehead atoms. The molecule has 1 atom stereocenters. The SMILES string of the molecule is O=c1[nH]c2ccc(C(Br)C3CCOCC3)cc2o1. The molecule has 2 aromatic rings. The number of nitrogens with one attached hydrogen (secondary N) is 1. The molecule has 0 amide bonds. The van der Waals surface area contributed by atoms with Crippen LogP contribution in [0, 0.1) is 5.92 Å². The van der Waals surface area contributed by atoms with E-state index in [1.807, 2.05) is 18.2 Å². The third kappa shape index (κ3) is 2.24. The number of rotatable bonds is 2. The van der Waals surface area contributed by atoms with Gasteiger partial charge in [0.05, 0.1) is 5.52 Å². The van der Waals surface area contributed by atoms with E-state index in [0.717, 1.165) is 37.1 Å². The Hall–Kier alpha value is -1.07. The molecule has 0 radical (unpaired) electrons. The molecule has 1 N–H and O–H groups in total. The highest BCUT2D eigenvalue weighted by Crippen LogP contribution is 2.37. The van der Waals surface area contributed by atoms with E-state index >= 15 is 0 Å². The van der Waals surface area contributed by atoms with Gasteiger partial charge in [-0.2, -0.15) is 0 Å². The lowest BCUT2D eigenvalue weighted by Crippen LogP contribution is -2.19. The van der Waals surface area contributed by atoms with Gasteiger partial charge < -0.3 is 9.15 Å². The maximum absolute atomic E-state index is 11.1. The van der Waals surface area contributed by atoms with Crippen LogP contribution < -0.4 is 5.76 Å². The predicted molar refractivity (Wildman–Crippen MR) is 72.0 cm³/mol. The fourth-order valence-electron chi connectivity index (χ4n) is 2.41. The summed E-state index contributed by atoms with van der Waals surface area (Å²) < 4.78 is 10.5. The zero-order valence-electron chi connectivity index (χ0n) is 9.82. The molecule has 2 heterocycles. The van der Waals surface area contributed by atoms with Crippen molar-refractivity contribution in [3.63, 3.8) is 0 Å². The van der Waals surface area contributed by atoms with Gasteiger partial charge >= 0.3 is 5.76 Å². The summed E-state index contributed by atoms with van der Waals surface area (Å²) in [7, 11) is 0. The number of fused-ring (bicyclic) bond motifs is 1. The van der Waals surface area contributed by atoms with Crippen molar-refractivity contribution in [2.75, 3.05) is 13.2 Å². The number of ether oxygens (including phenoxy) is 1. The number of halogens is 1. The van der Waals surface area contributed by atoms with Gasteiger partial charge in [0.1, 0.15) is 0 Å². The maximum atomic E-state index is 11.1. The van der Waals surface area contributed by atoms with Gasteiger partial charge in [0.15, 0.2) is 5.58 Å². The van der Waals surface area contributed by atoms with Gasteiger partial charge in [-0.25, -0.2) is 4.79 Å². The standard InChI is InChI=1S/C13H14BrNO3/c14-12(8-3-5-17-6-4-8)9-1-2-10-11(7-9)18-13(16)15-10/h1-2,7-8,12H,3-6H2,(H,15,16). The van der Waals surface area contributed by atoms with E-state index in [1.165, 1.54) is 0 Å². The first kappa shape index (κ1) is 12.0. The van der Waals surface area contributed by atoms with Crippen LogP contribution in [0.25, 0.3) is 11.1 Å². The van der Waals surface area contributed by atoms with Crippen LogP contribution in [-0.2, 0) is 4.74 Å². The van der Waals surface area contributed by atoms with Crippen LogP contribution in [0.15, 0.2) is 27.4 Å². The first-order valence-corrected chi connectivity index (χ1v) is 7.00. The molecule has 0 spiro atoms. The van der Waals surface area contributed by atoms with E-state index in [4.69, 9.17) is 9.15 Å². The lowest BCUT2D eigenvalue weighted by Gasteiger charge is -2.26. The second-order valence-electron chi connectivity index (χ2n) is 4.62. The van der Waals surface area contributed by atoms with Crippen LogP contribution in [0.3, 0.4) is 0 Å². The third-order valence-electron chi connectivity index (χ3n) is 3.44. The summed E-state index contributed by atoms with van der Waals surface area (Å²) in [5.74, 6) is 0.168. The van der Waals surface area contributed by atoms with Crippen molar-refractivity contribution in [3.05, 3.63) is 34.3 Å². The van der Waals surface area contributed by atoms with Crippen LogP contribution in [0.1, 0.15) is 23.2 Å². The molecule has 1 unspecified atom stereocenters. The third-order valence-corrected chi connectivity index (χ3v) is 4.72. The van der Waals surface area contributed by atoms with Crippen LogP contribution >= 0.6 is 15.9 Å². The van der Waals surface area contributed by atoms with E-state index in [0.29, 0.717) is 11.5 Å². The Morgan fingerprint density at radius 2 is 2.11 bits per heavy atom. The topological polar surface area (TPSA) is 55.2 Å². The number of aromatic nitrogens is 1. The highest BCUT2D eigenvalue weighted by Gasteiger charge is 2.23. The Bertz CT molecular complexity index is 598. The van der Waals surface area contributed by atoms with Gasteiger partial charge in [-0.3, -0.25) is 4.98 Å². The van der Waals surface area contributed by atoms with E-state index in [2.05, 4.69) is 20.9 Å². The fourth-order valence-corrected chi connectivity index (χ4v) is 3.23. The zero-order chi connectivity index (χ0) is 12.5. The van der Waals surface area contributed by atoms with Gasteiger partial charge in [-0.05, 0) is 36.5 Å². The van der Waals surface area contributed by atoms with Gasteiger partial charge in [0.2, 0.25) is 0 Å². The second kappa shape index (κ2) is 4.90. The van der Waals surface area contributed by atoms with Crippen molar-refractivity contribution in [2.45, 2.75) is 17.7 Å². The summed E-state index contributed by atoms with van der Waals surface area (Å²) in [6.07, 6.45) is 2.12. The van der Waals surface area contributed by atoms with Gasteiger partial charge in [0.25, 0.3) is 0 Å². The average Bonchev–Trinajstić information content (AvgIpc) is 2.78. The molecule has 1 fully saturated rings. The summed E-state index contributed by atoms with van der Waals surface area (Å²) in [4.78, 5) is 14.1. The molecule has 18 heavy (non-hydrogen) atoms. The summed E-state index contributed by atoms with van der Waals surface area (Å²) in [6.45, 7) is 1.66. The second-order valence-corrected chi connectivity index (χ2v) is 5.61. The minimum absolute atomic E-state index is 0.283. The highest BCUT2D eigenvalue weighted by molar-refractivity contribution is 9.09. The number of benzene rings is 1. The first-order valence-electron chi connectivity index (χ1n) is 6.08. The van der Waals surface area contributed by atoms with Gasteiger partial charge in [-0.15, -0.1) is 0 Å². The molecule has 1 aliphatic rings. The van der Waals surface area contributed by atoms with Crippen molar-refractivity contribution < 1.29 is 9.15 Å². The Kier molecular flexibility index (Phi) is 3.26. The lowest BCUT2D eigenvalue weighted by atomic mass is 9.92. The van der Waals surface area contributed by atoms with E-state index in [-0.39, 0.29) is 4.83 Å². The number of alkyl halides is 1. The van der Waals surface area contributed by atoms with Crippen molar-refractivity contribution >= 4 is 27.0 Å². The zero-order valence-corrected chi connectivity index (χ0v) is 11.4. The molecule has 96 valence electrons. The van der Waals surface area contributed by atoms with Gasteiger partial charge in [0, 0.05) is 18.0 Å². The number of hydrogen-bond acceptors (Lipinski definition) is 3. The maximum Gasteiger partial charge on any atom is 0.417 e. The molecule has 0 saturated carbocycles. The van der Waals surface area contributed by atoms with Crippen LogP contribution in [0.2, 0.25) is 0 Å². The number of hydrogen-bond donors (Lipinski definition) is 1.